The first-order valence-electron chi connectivity index (χ1n) is 13.1. The van der Waals surface area contributed by atoms with Crippen LogP contribution in [0.15, 0.2) is 0 Å². The van der Waals surface area contributed by atoms with Crippen LogP contribution in [-0.2, 0) is 14.2 Å². The van der Waals surface area contributed by atoms with Crippen molar-refractivity contribution in [1.82, 2.24) is 0 Å². The monoisotopic (exact) mass is 414 g/mol. The zero-order valence-corrected chi connectivity index (χ0v) is 20.2. The lowest BCUT2D eigenvalue weighted by Gasteiger charge is -2.07. The lowest BCUT2D eigenvalue weighted by Crippen LogP contribution is -2.10. The molecule has 0 bridgehead atoms. The highest BCUT2D eigenvalue weighted by Crippen LogP contribution is 2.12. The zero-order chi connectivity index (χ0) is 21.1. The Bertz CT molecular complexity index is 245. The summed E-state index contributed by atoms with van der Waals surface area (Å²) in [7, 11) is 0. The van der Waals surface area contributed by atoms with Crippen molar-refractivity contribution in [3.8, 4) is 0 Å². The molecule has 29 heavy (non-hydrogen) atoms. The Kier molecular flexibility index (Phi) is 27.8. The Morgan fingerprint density at radius 2 is 0.517 bits per heavy atom. The van der Waals surface area contributed by atoms with Crippen molar-refractivity contribution in [2.24, 2.45) is 0 Å². The molecule has 176 valence electrons. The van der Waals surface area contributed by atoms with Gasteiger partial charge >= 0.3 is 0 Å². The van der Waals surface area contributed by atoms with Crippen molar-refractivity contribution < 1.29 is 14.2 Å². The van der Waals surface area contributed by atoms with Gasteiger partial charge in [-0.1, -0.05) is 117 Å². The molecule has 0 aromatic rings. The predicted octanol–water partition coefficient (Wildman–Crippen LogP) is 8.10. The fourth-order valence-electron chi connectivity index (χ4n) is 3.57. The molecule has 0 rings (SSSR count). The third-order valence-corrected chi connectivity index (χ3v) is 5.53. The van der Waals surface area contributed by atoms with Crippen LogP contribution in [0.3, 0.4) is 0 Å². The van der Waals surface area contributed by atoms with Gasteiger partial charge in [-0.3, -0.25) is 0 Å². The number of hydrogen-bond donors (Lipinski definition) is 0. The molecule has 0 unspecified atom stereocenters. The van der Waals surface area contributed by atoms with Gasteiger partial charge in [-0.05, 0) is 12.8 Å². The van der Waals surface area contributed by atoms with Crippen LogP contribution in [0.5, 0.6) is 0 Å². The van der Waals surface area contributed by atoms with Gasteiger partial charge in [0, 0.05) is 13.2 Å². The van der Waals surface area contributed by atoms with Crippen LogP contribution in [0.25, 0.3) is 0 Å². The van der Waals surface area contributed by atoms with Crippen molar-refractivity contribution in [3.63, 3.8) is 0 Å². The Morgan fingerprint density at radius 3 is 0.862 bits per heavy atom. The molecule has 0 spiro atoms. The van der Waals surface area contributed by atoms with E-state index < -0.39 is 0 Å². The van der Waals surface area contributed by atoms with Crippen molar-refractivity contribution in [3.05, 3.63) is 0 Å². The highest BCUT2D eigenvalue weighted by atomic mass is 16.5. The largest absolute Gasteiger partial charge is 0.379 e. The summed E-state index contributed by atoms with van der Waals surface area (Å²) in [6, 6.07) is 0. The molecule has 0 aliphatic carbocycles. The lowest BCUT2D eigenvalue weighted by molar-refractivity contribution is 0.0132. The smallest absolute Gasteiger partial charge is 0.0701 e. The predicted molar refractivity (Wildman–Crippen MR) is 127 cm³/mol. The molecule has 0 fully saturated rings. The van der Waals surface area contributed by atoms with Crippen LogP contribution < -0.4 is 0 Å². The van der Waals surface area contributed by atoms with Gasteiger partial charge in [0.1, 0.15) is 0 Å². The minimum absolute atomic E-state index is 0.690. The van der Waals surface area contributed by atoms with E-state index in [9.17, 15) is 0 Å². The Labute approximate surface area is 183 Å². The van der Waals surface area contributed by atoms with Crippen molar-refractivity contribution in [2.45, 2.75) is 129 Å². The van der Waals surface area contributed by atoms with Gasteiger partial charge in [-0.2, -0.15) is 0 Å². The van der Waals surface area contributed by atoms with Gasteiger partial charge in [0.2, 0.25) is 0 Å². The number of unbranched alkanes of at least 4 members (excludes halogenated alkanes) is 16. The summed E-state index contributed by atoms with van der Waals surface area (Å²) < 4.78 is 16.7. The molecule has 0 saturated carbocycles. The van der Waals surface area contributed by atoms with Crippen LogP contribution in [0.1, 0.15) is 129 Å². The standard InChI is InChI=1S/C26H54O3/c1-3-5-7-9-10-11-12-13-14-15-16-17-18-20-22-28-24-26-29-25-23-27-21-19-8-6-4-2/h3-26H2,1-2H3. The van der Waals surface area contributed by atoms with E-state index in [1.165, 1.54) is 116 Å². The molecule has 0 atom stereocenters. The summed E-state index contributed by atoms with van der Waals surface area (Å²) in [5, 5.41) is 0. The molecule has 0 amide bonds. The first kappa shape index (κ1) is 28.9. The van der Waals surface area contributed by atoms with E-state index in [2.05, 4.69) is 13.8 Å². The molecular formula is C26H54O3. The molecule has 0 aromatic heterocycles. The van der Waals surface area contributed by atoms with Crippen molar-refractivity contribution >= 4 is 0 Å². The summed E-state index contributed by atoms with van der Waals surface area (Å²) in [5.74, 6) is 0. The fourth-order valence-corrected chi connectivity index (χ4v) is 3.57. The fraction of sp³-hybridized carbons (Fsp3) is 1.00. The normalized spacial score (nSPS) is 11.4. The van der Waals surface area contributed by atoms with Gasteiger partial charge in [0.25, 0.3) is 0 Å². The summed E-state index contributed by atoms with van der Waals surface area (Å²) in [4.78, 5) is 0. The summed E-state index contributed by atoms with van der Waals surface area (Å²) >= 11 is 0. The van der Waals surface area contributed by atoms with Crippen molar-refractivity contribution in [2.75, 3.05) is 39.6 Å². The van der Waals surface area contributed by atoms with E-state index in [0.717, 1.165) is 19.8 Å². The average molecular weight is 415 g/mol. The Hall–Kier alpha value is -0.120. The quantitative estimate of drug-likeness (QED) is 0.134. The maximum Gasteiger partial charge on any atom is 0.0701 e. The van der Waals surface area contributed by atoms with E-state index in [1.54, 1.807) is 0 Å². The van der Waals surface area contributed by atoms with E-state index >= 15 is 0 Å². The molecule has 0 radical (unpaired) electrons. The summed E-state index contributed by atoms with van der Waals surface area (Å²) in [6.45, 7) is 9.09. The lowest BCUT2D eigenvalue weighted by atomic mass is 10.0. The number of ether oxygens (including phenoxy) is 3. The van der Waals surface area contributed by atoms with Crippen molar-refractivity contribution in [1.29, 1.82) is 0 Å². The molecule has 0 N–H and O–H groups in total. The maximum atomic E-state index is 5.65. The highest BCUT2D eigenvalue weighted by molar-refractivity contribution is 4.49. The van der Waals surface area contributed by atoms with Crippen LogP contribution in [-0.4, -0.2) is 39.6 Å². The van der Waals surface area contributed by atoms with Crippen LogP contribution in [0, 0.1) is 0 Å². The van der Waals surface area contributed by atoms with Gasteiger partial charge in [-0.15, -0.1) is 0 Å². The van der Waals surface area contributed by atoms with E-state index in [0.29, 0.717) is 19.8 Å². The molecule has 0 saturated heterocycles. The number of hydrogen-bond acceptors (Lipinski definition) is 3. The first-order chi connectivity index (χ1) is 14.4. The topological polar surface area (TPSA) is 27.7 Å². The molecular weight excluding hydrogens is 360 g/mol. The summed E-state index contributed by atoms with van der Waals surface area (Å²) in [5.41, 5.74) is 0. The minimum Gasteiger partial charge on any atom is -0.379 e. The molecule has 0 aliphatic rings. The SMILES string of the molecule is CCCCCCCCCCCCCCCCOCCOCCOCCCCCC. The van der Waals surface area contributed by atoms with Crippen LogP contribution in [0.4, 0.5) is 0 Å². The second kappa shape index (κ2) is 27.9. The first-order valence-corrected chi connectivity index (χ1v) is 13.1. The summed E-state index contributed by atoms with van der Waals surface area (Å²) in [6.07, 6.45) is 24.7. The second-order valence-electron chi connectivity index (χ2n) is 8.49. The third-order valence-electron chi connectivity index (χ3n) is 5.53. The van der Waals surface area contributed by atoms with E-state index in [4.69, 9.17) is 14.2 Å². The van der Waals surface area contributed by atoms with Crippen LogP contribution >= 0.6 is 0 Å². The van der Waals surface area contributed by atoms with E-state index in [1.807, 2.05) is 0 Å². The van der Waals surface area contributed by atoms with Gasteiger partial charge in [-0.25, -0.2) is 0 Å². The minimum atomic E-state index is 0.690. The van der Waals surface area contributed by atoms with E-state index in [-0.39, 0.29) is 0 Å². The molecule has 0 aliphatic heterocycles. The molecule has 3 nitrogen and oxygen atoms in total. The zero-order valence-electron chi connectivity index (χ0n) is 20.2. The number of rotatable bonds is 26. The third kappa shape index (κ3) is 27.9. The Balaban J connectivity index is 2.97. The molecule has 0 heterocycles. The van der Waals surface area contributed by atoms with Crippen LogP contribution in [0.2, 0.25) is 0 Å². The van der Waals surface area contributed by atoms with Gasteiger partial charge in [0.15, 0.2) is 0 Å². The average Bonchev–Trinajstić information content (AvgIpc) is 2.74. The molecule has 0 aromatic carbocycles. The second-order valence-corrected chi connectivity index (χ2v) is 8.49. The molecule has 3 heteroatoms. The Morgan fingerprint density at radius 1 is 0.276 bits per heavy atom. The highest BCUT2D eigenvalue weighted by Gasteiger charge is 1.95. The van der Waals surface area contributed by atoms with Gasteiger partial charge < -0.3 is 14.2 Å². The van der Waals surface area contributed by atoms with Gasteiger partial charge in [0.05, 0.1) is 26.4 Å². The maximum absolute atomic E-state index is 5.65.